The molecule has 6 aromatic heterocycles. The van der Waals surface area contributed by atoms with Crippen LogP contribution in [0, 0.1) is 12.7 Å². The van der Waals surface area contributed by atoms with E-state index in [4.69, 9.17) is 20.0 Å². The van der Waals surface area contributed by atoms with Gasteiger partial charge in [-0.15, -0.1) is 9.57 Å². The topological polar surface area (TPSA) is 260 Å². The number of imidazole rings is 4. The summed E-state index contributed by atoms with van der Waals surface area (Å²) < 4.78 is 7.32. The minimum Gasteiger partial charge on any atom is -0.542 e. The molecule has 0 bridgehead atoms. The van der Waals surface area contributed by atoms with Crippen LogP contribution in [0.15, 0.2) is 20.0 Å². The number of amidine groups is 4. The molecule has 47 heavy (non-hydrogen) atoms. The minimum absolute atomic E-state index is 0. The number of carbonyl (C=O) groups is 2. The Kier molecular flexibility index (Phi) is 6.44. The first-order valence-corrected chi connectivity index (χ1v) is 12.6. The number of nitrogens with zero attached hydrogens (tertiary/aromatic N) is 12. The van der Waals surface area contributed by atoms with Crippen molar-refractivity contribution in [3.05, 3.63) is 58.1 Å². The number of carboxylic acid groups (broad SMARTS) is 2. The molecule has 0 saturated carbocycles. The quantitative estimate of drug-likeness (QED) is 0.0786. The third-order valence-corrected chi connectivity index (χ3v) is 8.45. The third-order valence-electron chi connectivity index (χ3n) is 8.45. The normalized spacial score (nSPS) is 18.8. The molecule has 6 aliphatic heterocycles. The van der Waals surface area contributed by atoms with E-state index >= 15 is 0 Å². The summed E-state index contributed by atoms with van der Waals surface area (Å²) >= 11 is 0. The Morgan fingerprint density at radius 1 is 0.681 bits per heavy atom. The summed E-state index contributed by atoms with van der Waals surface area (Å²) in [7, 11) is 0. The maximum atomic E-state index is 11.9. The van der Waals surface area contributed by atoms with Crippen LogP contribution in [-0.2, 0) is 5.91 Å². The van der Waals surface area contributed by atoms with Gasteiger partial charge in [0.15, 0.2) is 39.5 Å². The van der Waals surface area contributed by atoms with Gasteiger partial charge in [-0.3, -0.25) is 0 Å². The smallest absolute Gasteiger partial charge is 0.542 e. The number of hydrogen-bond donors (Lipinski definition) is 4. The Hall–Kier alpha value is -2.86. The van der Waals surface area contributed by atoms with Crippen molar-refractivity contribution in [2.75, 3.05) is 0 Å². The van der Waals surface area contributed by atoms with E-state index in [1.807, 2.05) is 9.14 Å². The molecule has 1 spiro atoms. The number of aromatic carboxylic acids is 2. The molecule has 0 aromatic carbocycles. The van der Waals surface area contributed by atoms with Crippen LogP contribution < -0.4 is 139 Å². The average molecular weight is 660 g/mol. The van der Waals surface area contributed by atoms with Crippen molar-refractivity contribution in [3.8, 4) is 0 Å². The van der Waals surface area contributed by atoms with E-state index in [9.17, 15) is 19.8 Å². The predicted octanol–water partition coefficient (Wildman–Crippen LogP) is -17.1. The molecule has 0 saturated heterocycles. The van der Waals surface area contributed by atoms with Crippen LogP contribution in [0.2, 0.25) is 0 Å². The molecule has 0 fully saturated rings. The van der Waals surface area contributed by atoms with Crippen LogP contribution in [0.5, 0.6) is 0 Å². The molecule has 6 aromatic rings. The van der Waals surface area contributed by atoms with Crippen LogP contribution in [0.3, 0.4) is 0 Å². The summed E-state index contributed by atoms with van der Waals surface area (Å²) in [4.78, 5) is 72.7. The van der Waals surface area contributed by atoms with E-state index in [1.54, 1.807) is 9.14 Å². The van der Waals surface area contributed by atoms with E-state index in [1.165, 1.54) is 0 Å². The fraction of sp³-hybridized carbons (Fsp3) is 0.0435. The molecule has 202 valence electrons. The molecular weight excluding hydrogens is 656 g/mol. The monoisotopic (exact) mass is 660 g/mol. The van der Waals surface area contributed by atoms with Crippen molar-refractivity contribution < 1.29 is 147 Å². The molecule has 12 heterocycles. The number of carbonyl (C=O) groups excluding carboxylic acids is 2. The third kappa shape index (κ3) is 3.11. The summed E-state index contributed by atoms with van der Waals surface area (Å²) in [6.07, 6.45) is 5.52. The Morgan fingerprint density at radius 2 is 1.38 bits per heavy atom. The Balaban J connectivity index is 0.000000810. The molecule has 0 amide bonds. The van der Waals surface area contributed by atoms with Gasteiger partial charge in [0.1, 0.15) is 17.5 Å². The number of aromatic amines is 4. The first kappa shape index (κ1) is 31.4. The number of aromatic nitrogens is 10. The van der Waals surface area contributed by atoms with Crippen LogP contribution in [0.1, 0.15) is 44.0 Å². The number of H-pyrrole nitrogens is 4. The second kappa shape index (κ2) is 9.64. The van der Waals surface area contributed by atoms with E-state index in [0.717, 1.165) is 0 Å². The molecule has 20 nitrogen and oxygen atoms in total. The van der Waals surface area contributed by atoms with Crippen LogP contribution in [0.4, 0.5) is 11.6 Å². The van der Waals surface area contributed by atoms with Crippen LogP contribution in [0.25, 0.3) is 22.1 Å². The van der Waals surface area contributed by atoms with Gasteiger partial charge in [-0.05, 0) is 29.4 Å². The summed E-state index contributed by atoms with van der Waals surface area (Å²) in [5, 5.41) is 23.7. The Bertz CT molecular complexity index is 2820. The van der Waals surface area contributed by atoms with Gasteiger partial charge >= 0.3 is 124 Å². The minimum atomic E-state index is -1.51. The summed E-state index contributed by atoms with van der Waals surface area (Å²) in [6.45, 7) is 0. The van der Waals surface area contributed by atoms with E-state index < -0.39 is 29.5 Å². The van der Waals surface area contributed by atoms with Crippen molar-refractivity contribution >= 4 is 69.0 Å². The summed E-state index contributed by atoms with van der Waals surface area (Å²) in [6, 6.07) is 0. The SMILES string of the molecule is O=C([O-])c1nc2c([nH]1)C1=Nc3c4nc(C(=O)[O-])[nH]c4c4n3[C@]35n6c(c7n[c-][nH]c7c6=NC2=[N+]13)=NC1=[N+]5C(=N4)c2n[c-][nH]c21.[Na+].[Na+].[Na+].[Na+]. The number of rotatable bonds is 2. The van der Waals surface area contributed by atoms with Crippen molar-refractivity contribution in [1.29, 1.82) is 0 Å². The number of nitrogens with one attached hydrogen (secondary N) is 4. The van der Waals surface area contributed by atoms with Crippen molar-refractivity contribution in [2.24, 2.45) is 20.0 Å². The van der Waals surface area contributed by atoms with Gasteiger partial charge in [0.05, 0.1) is 0 Å². The Morgan fingerprint density at radius 3 is 2.17 bits per heavy atom. The van der Waals surface area contributed by atoms with Crippen LogP contribution in [-0.4, -0.2) is 93.4 Å². The standard InChI is InChI=1S/C23H4N16O4.4Na/c40-21(41)11-28-7-9(30-11)19-35-20-10-8(29-12(31-10)22(42)43)18-34-16-6-4(25-2-27-6)14-32-13-3-5(26-1-24-3)15-33-17(7)38(19)23(36(13)15,37(14)16)39(18)20;;;;/h(H4,24,25,26,27,28,29,30,31,32,33,34,35,40,41,42,43);;;;/q-2;4*+1/t23-;;;;/m0..../s1. The zero-order valence-corrected chi connectivity index (χ0v) is 32.5. The molecule has 12 rings (SSSR count). The second-order valence-corrected chi connectivity index (χ2v) is 10.3. The summed E-state index contributed by atoms with van der Waals surface area (Å²) in [5.74, 6) is -3.43. The van der Waals surface area contributed by atoms with E-state index in [-0.39, 0.29) is 158 Å². The van der Waals surface area contributed by atoms with Gasteiger partial charge in [-0.25, -0.2) is 14.5 Å². The van der Waals surface area contributed by atoms with Gasteiger partial charge in [0, 0.05) is 5.69 Å². The second-order valence-electron chi connectivity index (χ2n) is 10.3. The maximum Gasteiger partial charge on any atom is 1.00 e. The number of aliphatic imine (C=N–C) groups is 2. The maximum absolute atomic E-state index is 11.9. The largest absolute Gasteiger partial charge is 1.00 e. The molecule has 24 heteroatoms. The average Bonchev–Trinajstić information content (AvgIpc) is 3.83. The van der Waals surface area contributed by atoms with Gasteiger partial charge in [0.2, 0.25) is 23.3 Å². The molecule has 4 N–H and O–H groups in total. The van der Waals surface area contributed by atoms with Crippen molar-refractivity contribution in [3.63, 3.8) is 0 Å². The predicted molar refractivity (Wildman–Crippen MR) is 128 cm³/mol. The van der Waals surface area contributed by atoms with Crippen molar-refractivity contribution in [2.45, 2.75) is 5.91 Å². The molecule has 6 aliphatic rings. The number of fused-ring (bicyclic) bond motifs is 12. The van der Waals surface area contributed by atoms with E-state index in [0.29, 0.717) is 50.9 Å². The molecule has 1 atom stereocenters. The fourth-order valence-electron chi connectivity index (χ4n) is 6.99. The first-order valence-electron chi connectivity index (χ1n) is 12.6. The van der Waals surface area contributed by atoms with Gasteiger partial charge < -0.3 is 49.7 Å². The van der Waals surface area contributed by atoms with Gasteiger partial charge in [-0.1, -0.05) is 15.0 Å². The summed E-state index contributed by atoms with van der Waals surface area (Å²) in [5.41, 5.74) is 3.79. The van der Waals surface area contributed by atoms with Gasteiger partial charge in [-0.2, -0.15) is 9.14 Å². The number of hydrogen-bond acceptors (Lipinski definition) is 12. The Labute approximate surface area is 344 Å². The fourth-order valence-corrected chi connectivity index (χ4v) is 6.99. The van der Waals surface area contributed by atoms with E-state index in [2.05, 4.69) is 52.5 Å². The van der Waals surface area contributed by atoms with Crippen molar-refractivity contribution in [1.82, 2.24) is 49.0 Å². The zero-order chi connectivity index (χ0) is 28.3. The zero-order valence-electron chi connectivity index (χ0n) is 24.5. The first-order chi connectivity index (χ1) is 21.0. The molecule has 0 unspecified atom stereocenters. The van der Waals surface area contributed by atoms with Crippen LogP contribution >= 0.6 is 0 Å². The molecule has 0 radical (unpaired) electrons. The molecule has 0 aliphatic carbocycles. The molecular formula is C23H4N16Na4O4+2. The van der Waals surface area contributed by atoms with Gasteiger partial charge in [0.25, 0.3) is 11.7 Å². The number of carboxylic acids is 2.